The van der Waals surface area contributed by atoms with Crippen LogP contribution in [0.3, 0.4) is 0 Å². The molecule has 0 amide bonds. The standard InChI is InChI=1S/C16H14O3/c1-19-14-5-3-2-4-11(14)16-13(18)9-7-10-6-8-12(17)15(10)16/h2-5,7,9,18H,6,8H2,1H3. The Kier molecular flexibility index (Phi) is 2.75. The molecule has 0 atom stereocenters. The molecular formula is C16H14O3. The molecule has 3 rings (SSSR count). The summed E-state index contributed by atoms with van der Waals surface area (Å²) in [7, 11) is 1.58. The number of fused-ring (bicyclic) bond motifs is 1. The number of aromatic hydroxyl groups is 1. The van der Waals surface area contributed by atoms with Crippen LogP contribution in [-0.4, -0.2) is 18.0 Å². The second kappa shape index (κ2) is 4.43. The normalized spacial score (nSPS) is 13.4. The van der Waals surface area contributed by atoms with Gasteiger partial charge in [-0.05, 0) is 24.1 Å². The van der Waals surface area contributed by atoms with Crippen LogP contribution in [0.15, 0.2) is 36.4 Å². The third-order valence-electron chi connectivity index (χ3n) is 3.55. The van der Waals surface area contributed by atoms with Gasteiger partial charge in [0.05, 0.1) is 7.11 Å². The molecule has 0 saturated carbocycles. The van der Waals surface area contributed by atoms with E-state index in [1.807, 2.05) is 30.3 Å². The van der Waals surface area contributed by atoms with Gasteiger partial charge in [0, 0.05) is 23.1 Å². The quantitative estimate of drug-likeness (QED) is 0.895. The number of para-hydroxylation sites is 1. The van der Waals surface area contributed by atoms with Crippen LogP contribution < -0.4 is 4.74 Å². The number of aryl methyl sites for hydroxylation is 1. The molecule has 0 spiro atoms. The Balaban J connectivity index is 2.32. The van der Waals surface area contributed by atoms with E-state index >= 15 is 0 Å². The maximum atomic E-state index is 12.1. The number of phenolic OH excluding ortho intramolecular Hbond substituents is 1. The smallest absolute Gasteiger partial charge is 0.164 e. The van der Waals surface area contributed by atoms with Gasteiger partial charge in [0.1, 0.15) is 11.5 Å². The number of hydrogen-bond donors (Lipinski definition) is 1. The highest BCUT2D eigenvalue weighted by Crippen LogP contribution is 2.42. The minimum Gasteiger partial charge on any atom is -0.507 e. The van der Waals surface area contributed by atoms with Gasteiger partial charge in [-0.25, -0.2) is 0 Å². The summed E-state index contributed by atoms with van der Waals surface area (Å²) < 4.78 is 5.33. The van der Waals surface area contributed by atoms with Gasteiger partial charge in [0.2, 0.25) is 0 Å². The molecule has 1 aliphatic rings. The molecule has 0 bridgehead atoms. The number of carbonyl (C=O) groups is 1. The highest BCUT2D eigenvalue weighted by molar-refractivity contribution is 6.08. The van der Waals surface area contributed by atoms with Crippen molar-refractivity contribution in [3.63, 3.8) is 0 Å². The molecule has 96 valence electrons. The molecule has 1 aliphatic carbocycles. The van der Waals surface area contributed by atoms with Crippen molar-refractivity contribution in [2.24, 2.45) is 0 Å². The summed E-state index contributed by atoms with van der Waals surface area (Å²) >= 11 is 0. The number of Topliss-reactive ketones (excluding diaryl/α,β-unsaturated/α-hetero) is 1. The van der Waals surface area contributed by atoms with E-state index < -0.39 is 0 Å². The van der Waals surface area contributed by atoms with Crippen molar-refractivity contribution in [1.82, 2.24) is 0 Å². The van der Waals surface area contributed by atoms with E-state index in [9.17, 15) is 9.90 Å². The van der Waals surface area contributed by atoms with Crippen LogP contribution in [0.5, 0.6) is 11.5 Å². The van der Waals surface area contributed by atoms with Crippen molar-refractivity contribution < 1.29 is 14.6 Å². The lowest BCUT2D eigenvalue weighted by atomic mass is 9.95. The fraction of sp³-hybridized carbons (Fsp3) is 0.188. The van der Waals surface area contributed by atoms with Gasteiger partial charge in [-0.1, -0.05) is 24.3 Å². The minimum atomic E-state index is 0.0896. The van der Waals surface area contributed by atoms with Crippen LogP contribution in [0.4, 0.5) is 0 Å². The largest absolute Gasteiger partial charge is 0.507 e. The van der Waals surface area contributed by atoms with E-state index in [1.165, 1.54) is 0 Å². The summed E-state index contributed by atoms with van der Waals surface area (Å²) in [6.45, 7) is 0. The van der Waals surface area contributed by atoms with Gasteiger partial charge in [-0.3, -0.25) is 4.79 Å². The van der Waals surface area contributed by atoms with Crippen molar-refractivity contribution in [1.29, 1.82) is 0 Å². The van der Waals surface area contributed by atoms with Crippen LogP contribution in [0.1, 0.15) is 22.3 Å². The Morgan fingerprint density at radius 1 is 1.05 bits per heavy atom. The summed E-state index contributed by atoms with van der Waals surface area (Å²) in [5.41, 5.74) is 3.00. The molecule has 0 fully saturated rings. The first-order valence-corrected chi connectivity index (χ1v) is 6.24. The first kappa shape index (κ1) is 11.8. The van der Waals surface area contributed by atoms with E-state index in [-0.39, 0.29) is 11.5 Å². The maximum absolute atomic E-state index is 12.1. The minimum absolute atomic E-state index is 0.0896. The van der Waals surface area contributed by atoms with Crippen molar-refractivity contribution >= 4 is 5.78 Å². The van der Waals surface area contributed by atoms with Gasteiger partial charge in [-0.15, -0.1) is 0 Å². The molecule has 2 aromatic rings. The molecule has 3 heteroatoms. The van der Waals surface area contributed by atoms with E-state index in [1.54, 1.807) is 13.2 Å². The lowest BCUT2D eigenvalue weighted by Crippen LogP contribution is -1.98. The summed E-state index contributed by atoms with van der Waals surface area (Å²) in [6.07, 6.45) is 1.26. The van der Waals surface area contributed by atoms with Crippen LogP contribution in [0, 0.1) is 0 Å². The molecule has 0 heterocycles. The number of carbonyl (C=O) groups excluding carboxylic acids is 1. The van der Waals surface area contributed by atoms with Crippen LogP contribution in [0.2, 0.25) is 0 Å². The maximum Gasteiger partial charge on any atom is 0.164 e. The molecule has 0 saturated heterocycles. The summed E-state index contributed by atoms with van der Waals surface area (Å²) in [6, 6.07) is 10.9. The van der Waals surface area contributed by atoms with Crippen molar-refractivity contribution in [3.05, 3.63) is 47.5 Å². The topological polar surface area (TPSA) is 46.5 Å². The van der Waals surface area contributed by atoms with Gasteiger partial charge in [0.25, 0.3) is 0 Å². The molecule has 0 aromatic heterocycles. The van der Waals surface area contributed by atoms with Gasteiger partial charge >= 0.3 is 0 Å². The average molecular weight is 254 g/mol. The molecule has 0 unspecified atom stereocenters. The third kappa shape index (κ3) is 1.78. The van der Waals surface area contributed by atoms with Crippen LogP contribution >= 0.6 is 0 Å². The second-order valence-corrected chi connectivity index (χ2v) is 4.62. The Morgan fingerprint density at radius 3 is 2.63 bits per heavy atom. The zero-order valence-electron chi connectivity index (χ0n) is 10.6. The molecule has 19 heavy (non-hydrogen) atoms. The Morgan fingerprint density at radius 2 is 1.84 bits per heavy atom. The second-order valence-electron chi connectivity index (χ2n) is 4.62. The number of phenols is 1. The third-order valence-corrected chi connectivity index (χ3v) is 3.55. The van der Waals surface area contributed by atoms with Gasteiger partial charge in [0.15, 0.2) is 5.78 Å². The lowest BCUT2D eigenvalue weighted by molar-refractivity contribution is 0.0995. The predicted molar refractivity (Wildman–Crippen MR) is 72.7 cm³/mol. The zero-order valence-corrected chi connectivity index (χ0v) is 10.6. The highest BCUT2D eigenvalue weighted by Gasteiger charge is 2.26. The van der Waals surface area contributed by atoms with E-state index in [0.717, 1.165) is 17.5 Å². The van der Waals surface area contributed by atoms with Gasteiger partial charge < -0.3 is 9.84 Å². The molecule has 0 aliphatic heterocycles. The fourth-order valence-electron chi connectivity index (χ4n) is 2.66. The Labute approximate surface area is 111 Å². The monoisotopic (exact) mass is 254 g/mol. The Hall–Kier alpha value is -2.29. The van der Waals surface area contributed by atoms with Gasteiger partial charge in [-0.2, -0.15) is 0 Å². The predicted octanol–water partition coefficient (Wildman–Crippen LogP) is 3.20. The summed E-state index contributed by atoms with van der Waals surface area (Å²) in [5.74, 6) is 0.871. The zero-order chi connectivity index (χ0) is 13.4. The highest BCUT2D eigenvalue weighted by atomic mass is 16.5. The SMILES string of the molecule is COc1ccccc1-c1c(O)ccc2c1C(=O)CC2. The van der Waals surface area contributed by atoms with Crippen LogP contribution in [0.25, 0.3) is 11.1 Å². The Bertz CT molecular complexity index is 659. The number of ketones is 1. The van der Waals surface area contributed by atoms with E-state index in [2.05, 4.69) is 0 Å². The molecular weight excluding hydrogens is 240 g/mol. The number of benzene rings is 2. The number of ether oxygens (including phenoxy) is 1. The van der Waals surface area contributed by atoms with E-state index in [0.29, 0.717) is 23.3 Å². The number of rotatable bonds is 2. The van der Waals surface area contributed by atoms with Crippen molar-refractivity contribution in [2.75, 3.05) is 7.11 Å². The lowest BCUT2D eigenvalue weighted by Gasteiger charge is -2.13. The van der Waals surface area contributed by atoms with Crippen LogP contribution in [-0.2, 0) is 6.42 Å². The van der Waals surface area contributed by atoms with Crippen molar-refractivity contribution in [2.45, 2.75) is 12.8 Å². The summed E-state index contributed by atoms with van der Waals surface area (Å²) in [4.78, 5) is 12.1. The van der Waals surface area contributed by atoms with Crippen molar-refractivity contribution in [3.8, 4) is 22.6 Å². The molecule has 1 N–H and O–H groups in total. The molecule has 2 aromatic carbocycles. The average Bonchev–Trinajstić information content (AvgIpc) is 2.81. The van der Waals surface area contributed by atoms with E-state index in [4.69, 9.17) is 4.74 Å². The number of methoxy groups -OCH3 is 1. The fourth-order valence-corrected chi connectivity index (χ4v) is 2.66. The molecule has 3 nitrogen and oxygen atoms in total. The first-order valence-electron chi connectivity index (χ1n) is 6.24. The first-order chi connectivity index (χ1) is 9.22. The molecule has 0 radical (unpaired) electrons. The summed E-state index contributed by atoms with van der Waals surface area (Å²) in [5, 5.41) is 10.2. The number of hydrogen-bond acceptors (Lipinski definition) is 3.